The van der Waals surface area contributed by atoms with E-state index in [9.17, 15) is 19.2 Å². The van der Waals surface area contributed by atoms with Gasteiger partial charge in [0.1, 0.15) is 0 Å². The zero-order valence-corrected chi connectivity index (χ0v) is 14.4. The molecule has 1 unspecified atom stereocenters. The fourth-order valence-corrected chi connectivity index (χ4v) is 2.73. The predicted molar refractivity (Wildman–Crippen MR) is 91.0 cm³/mol. The van der Waals surface area contributed by atoms with Crippen molar-refractivity contribution in [3.63, 3.8) is 0 Å². The monoisotopic (exact) mass is 346 g/mol. The van der Waals surface area contributed by atoms with Crippen molar-refractivity contribution in [1.82, 2.24) is 4.90 Å². The first kappa shape index (κ1) is 18.6. The molecule has 0 saturated carbocycles. The lowest BCUT2D eigenvalue weighted by molar-refractivity contribution is -0.153. The number of ketones is 1. The molecular formula is C18H22N2O5. The van der Waals surface area contributed by atoms with Crippen LogP contribution in [0.4, 0.5) is 5.69 Å². The van der Waals surface area contributed by atoms with Crippen LogP contribution in [0, 0.1) is 5.92 Å². The molecular weight excluding hydrogens is 324 g/mol. The minimum absolute atomic E-state index is 0.0766. The van der Waals surface area contributed by atoms with Gasteiger partial charge in [-0.05, 0) is 51.0 Å². The van der Waals surface area contributed by atoms with Gasteiger partial charge >= 0.3 is 17.8 Å². The Balaban J connectivity index is 1.95. The Morgan fingerprint density at radius 3 is 2.48 bits per heavy atom. The lowest BCUT2D eigenvalue weighted by Crippen LogP contribution is -2.47. The van der Waals surface area contributed by atoms with Crippen molar-refractivity contribution in [3.05, 3.63) is 29.8 Å². The first-order valence-electron chi connectivity index (χ1n) is 8.30. The normalized spacial score (nSPS) is 16.9. The van der Waals surface area contributed by atoms with Gasteiger partial charge in [-0.25, -0.2) is 0 Å². The lowest BCUT2D eigenvalue weighted by Gasteiger charge is -2.30. The third-order valence-corrected chi connectivity index (χ3v) is 4.07. The van der Waals surface area contributed by atoms with E-state index in [4.69, 9.17) is 4.74 Å². The van der Waals surface area contributed by atoms with E-state index in [1.807, 2.05) is 0 Å². The number of benzene rings is 1. The Bertz CT molecular complexity index is 669. The number of carbonyl (C=O) groups is 4. The minimum Gasteiger partial charge on any atom is -0.466 e. The number of Topliss-reactive ketones (excluding diaryl/α,β-unsaturated/α-hetero) is 1. The maximum atomic E-state index is 12.3. The Hall–Kier alpha value is -2.70. The summed E-state index contributed by atoms with van der Waals surface area (Å²) in [4.78, 5) is 48.9. The number of ether oxygens (including phenoxy) is 1. The van der Waals surface area contributed by atoms with E-state index in [0.29, 0.717) is 37.2 Å². The smallest absolute Gasteiger partial charge is 0.313 e. The molecule has 2 rings (SSSR count). The largest absolute Gasteiger partial charge is 0.466 e. The average molecular weight is 346 g/mol. The second kappa shape index (κ2) is 8.41. The van der Waals surface area contributed by atoms with Gasteiger partial charge < -0.3 is 15.0 Å². The molecule has 25 heavy (non-hydrogen) atoms. The summed E-state index contributed by atoms with van der Waals surface area (Å²) >= 11 is 0. The fourth-order valence-electron chi connectivity index (χ4n) is 2.73. The van der Waals surface area contributed by atoms with Crippen molar-refractivity contribution in [2.45, 2.75) is 26.7 Å². The number of rotatable bonds is 4. The Morgan fingerprint density at radius 1 is 1.20 bits per heavy atom. The van der Waals surface area contributed by atoms with E-state index < -0.39 is 11.8 Å². The summed E-state index contributed by atoms with van der Waals surface area (Å²) in [6.45, 7) is 4.10. The second-order valence-corrected chi connectivity index (χ2v) is 5.93. The number of esters is 1. The highest BCUT2D eigenvalue weighted by Crippen LogP contribution is 2.18. The zero-order valence-electron chi connectivity index (χ0n) is 14.4. The highest BCUT2D eigenvalue weighted by atomic mass is 16.5. The molecule has 0 bridgehead atoms. The Morgan fingerprint density at radius 2 is 1.88 bits per heavy atom. The fraction of sp³-hybridized carbons (Fsp3) is 0.444. The molecule has 1 fully saturated rings. The summed E-state index contributed by atoms with van der Waals surface area (Å²) in [6.07, 6.45) is 1.30. The number of piperidine rings is 1. The Kier molecular flexibility index (Phi) is 6.27. The molecule has 1 aromatic rings. The maximum absolute atomic E-state index is 12.3. The SMILES string of the molecule is CCOC(=O)C1CCCN(C(=O)C(=O)Nc2ccc(C(C)=O)cc2)C1. The van der Waals surface area contributed by atoms with E-state index in [1.54, 1.807) is 31.2 Å². The van der Waals surface area contributed by atoms with Gasteiger partial charge in [-0.15, -0.1) is 0 Å². The van der Waals surface area contributed by atoms with Crippen LogP contribution in [0.25, 0.3) is 0 Å². The number of likely N-dealkylation sites (tertiary alicyclic amines) is 1. The number of hydrogen-bond acceptors (Lipinski definition) is 5. The summed E-state index contributed by atoms with van der Waals surface area (Å²) < 4.78 is 4.99. The molecule has 2 amide bonds. The highest BCUT2D eigenvalue weighted by Gasteiger charge is 2.31. The molecule has 0 spiro atoms. The van der Waals surface area contributed by atoms with Crippen molar-refractivity contribution in [1.29, 1.82) is 0 Å². The topological polar surface area (TPSA) is 92.8 Å². The molecule has 1 aliphatic rings. The standard InChI is InChI=1S/C18H22N2O5/c1-3-25-18(24)14-5-4-10-20(11-14)17(23)16(22)19-15-8-6-13(7-9-15)12(2)21/h6-9,14H,3-5,10-11H2,1-2H3,(H,19,22). The van der Waals surface area contributed by atoms with E-state index >= 15 is 0 Å². The van der Waals surface area contributed by atoms with E-state index in [0.717, 1.165) is 0 Å². The molecule has 1 N–H and O–H groups in total. The number of nitrogens with one attached hydrogen (secondary N) is 1. The summed E-state index contributed by atoms with van der Waals surface area (Å²) in [6, 6.07) is 6.30. The zero-order chi connectivity index (χ0) is 18.4. The van der Waals surface area contributed by atoms with E-state index in [1.165, 1.54) is 11.8 Å². The van der Waals surface area contributed by atoms with E-state index in [2.05, 4.69) is 5.32 Å². The molecule has 134 valence electrons. The third kappa shape index (κ3) is 4.89. The molecule has 0 aliphatic carbocycles. The summed E-state index contributed by atoms with van der Waals surface area (Å²) in [5, 5.41) is 2.52. The van der Waals surface area contributed by atoms with Crippen LogP contribution in [-0.4, -0.2) is 48.2 Å². The van der Waals surface area contributed by atoms with E-state index in [-0.39, 0.29) is 24.2 Å². The molecule has 7 nitrogen and oxygen atoms in total. The van der Waals surface area contributed by atoms with Gasteiger partial charge in [-0.3, -0.25) is 19.2 Å². The van der Waals surface area contributed by atoms with Crippen LogP contribution < -0.4 is 5.32 Å². The predicted octanol–water partition coefficient (Wildman–Crippen LogP) is 1.63. The van der Waals surface area contributed by atoms with Gasteiger partial charge in [0.05, 0.1) is 12.5 Å². The number of nitrogens with zero attached hydrogens (tertiary/aromatic N) is 1. The van der Waals surface area contributed by atoms with Crippen molar-refractivity contribution >= 4 is 29.3 Å². The first-order chi connectivity index (χ1) is 11.9. The first-order valence-corrected chi connectivity index (χ1v) is 8.30. The van der Waals surface area contributed by atoms with Crippen LogP contribution >= 0.6 is 0 Å². The molecule has 0 aromatic heterocycles. The quantitative estimate of drug-likeness (QED) is 0.508. The summed E-state index contributed by atoms with van der Waals surface area (Å²) in [5.74, 6) is -2.24. The average Bonchev–Trinajstić information content (AvgIpc) is 2.61. The molecule has 0 radical (unpaired) electrons. The molecule has 1 heterocycles. The van der Waals surface area contributed by atoms with Crippen LogP contribution in [-0.2, 0) is 19.1 Å². The van der Waals surface area contributed by atoms with Gasteiger partial charge in [0, 0.05) is 24.3 Å². The second-order valence-electron chi connectivity index (χ2n) is 5.93. The van der Waals surface area contributed by atoms with Crippen LogP contribution in [0.15, 0.2) is 24.3 Å². The number of carbonyl (C=O) groups excluding carboxylic acids is 4. The van der Waals surface area contributed by atoms with Crippen LogP contribution in [0.2, 0.25) is 0 Å². The Labute approximate surface area is 146 Å². The third-order valence-electron chi connectivity index (χ3n) is 4.07. The van der Waals surface area contributed by atoms with Gasteiger partial charge in [0.25, 0.3) is 0 Å². The molecule has 1 aromatic carbocycles. The summed E-state index contributed by atoms with van der Waals surface area (Å²) in [5.41, 5.74) is 0.958. The van der Waals surface area contributed by atoms with Crippen molar-refractivity contribution < 1.29 is 23.9 Å². The van der Waals surface area contributed by atoms with Crippen molar-refractivity contribution in [2.24, 2.45) is 5.92 Å². The minimum atomic E-state index is -0.764. The number of amides is 2. The summed E-state index contributed by atoms with van der Waals surface area (Å²) in [7, 11) is 0. The highest BCUT2D eigenvalue weighted by molar-refractivity contribution is 6.39. The van der Waals surface area contributed by atoms with Crippen molar-refractivity contribution in [3.8, 4) is 0 Å². The molecule has 1 aliphatic heterocycles. The van der Waals surface area contributed by atoms with Gasteiger partial charge in [-0.1, -0.05) is 0 Å². The number of anilines is 1. The number of hydrogen-bond donors (Lipinski definition) is 1. The van der Waals surface area contributed by atoms with Crippen LogP contribution in [0.5, 0.6) is 0 Å². The molecule has 1 atom stereocenters. The molecule has 1 saturated heterocycles. The van der Waals surface area contributed by atoms with Gasteiger partial charge in [0.2, 0.25) is 0 Å². The van der Waals surface area contributed by atoms with Gasteiger partial charge in [0.15, 0.2) is 5.78 Å². The van der Waals surface area contributed by atoms with Crippen LogP contribution in [0.1, 0.15) is 37.0 Å². The lowest BCUT2D eigenvalue weighted by atomic mass is 9.98. The van der Waals surface area contributed by atoms with Crippen molar-refractivity contribution in [2.75, 3.05) is 25.0 Å². The van der Waals surface area contributed by atoms with Crippen LogP contribution in [0.3, 0.4) is 0 Å². The molecule has 7 heteroatoms. The van der Waals surface area contributed by atoms with Gasteiger partial charge in [-0.2, -0.15) is 0 Å². The maximum Gasteiger partial charge on any atom is 0.313 e.